The normalized spacial score (nSPS) is 19.4. The highest BCUT2D eigenvalue weighted by atomic mass is 16.5. The minimum absolute atomic E-state index is 0.730. The fourth-order valence-electron chi connectivity index (χ4n) is 2.54. The summed E-state index contributed by atoms with van der Waals surface area (Å²) in [5.74, 6) is 2.84. The number of nitrogens with one attached hydrogen (secondary N) is 1. The first kappa shape index (κ1) is 10.9. The Hall–Kier alpha value is -1.18. The van der Waals surface area contributed by atoms with Crippen LogP contribution in [0.5, 0.6) is 5.75 Å². The monoisotopic (exact) mass is 231 g/mol. The zero-order valence-corrected chi connectivity index (χ0v) is 10.5. The van der Waals surface area contributed by atoms with Gasteiger partial charge in [-0.15, -0.1) is 0 Å². The summed E-state index contributed by atoms with van der Waals surface area (Å²) in [6.45, 7) is 2.75. The fraction of sp³-hybridized carbons (Fsp3) is 0.600. The molecule has 1 aromatic rings. The molecule has 2 nitrogen and oxygen atoms in total. The van der Waals surface area contributed by atoms with Gasteiger partial charge in [-0.25, -0.2) is 0 Å². The molecule has 0 aromatic heterocycles. The molecule has 1 N–H and O–H groups in total. The number of hydrogen-bond acceptors (Lipinski definition) is 2. The van der Waals surface area contributed by atoms with E-state index in [4.69, 9.17) is 4.74 Å². The highest BCUT2D eigenvalue weighted by Crippen LogP contribution is 2.45. The second-order valence-corrected chi connectivity index (χ2v) is 5.30. The van der Waals surface area contributed by atoms with E-state index in [0.29, 0.717) is 0 Å². The minimum Gasteiger partial charge on any atom is -0.494 e. The lowest BCUT2D eigenvalue weighted by Crippen LogP contribution is -2.24. The lowest BCUT2D eigenvalue weighted by atomic mass is 10.1. The molecule has 0 amide bonds. The zero-order chi connectivity index (χ0) is 11.7. The molecule has 3 rings (SSSR count). The molecule has 0 unspecified atom stereocenters. The van der Waals surface area contributed by atoms with Crippen molar-refractivity contribution in [3.8, 4) is 5.75 Å². The topological polar surface area (TPSA) is 21.3 Å². The Morgan fingerprint density at radius 1 is 1.12 bits per heavy atom. The maximum atomic E-state index is 5.46. The van der Waals surface area contributed by atoms with Crippen molar-refractivity contribution in [1.82, 2.24) is 0 Å². The molecule has 0 bridgehead atoms. The van der Waals surface area contributed by atoms with Crippen LogP contribution in [0, 0.1) is 11.8 Å². The summed E-state index contributed by atoms with van der Waals surface area (Å²) in [4.78, 5) is 0. The minimum atomic E-state index is 0.730. The predicted molar refractivity (Wildman–Crippen MR) is 70.5 cm³/mol. The summed E-state index contributed by atoms with van der Waals surface area (Å²) in [5, 5.41) is 3.72. The molecule has 2 fully saturated rings. The third-order valence-corrected chi connectivity index (χ3v) is 3.76. The van der Waals surface area contributed by atoms with Crippen molar-refractivity contribution < 1.29 is 4.74 Å². The van der Waals surface area contributed by atoms with E-state index in [1.165, 1.54) is 31.4 Å². The van der Waals surface area contributed by atoms with Gasteiger partial charge in [0.2, 0.25) is 0 Å². The molecule has 0 aliphatic heterocycles. The van der Waals surface area contributed by atoms with E-state index in [1.807, 2.05) is 6.92 Å². The van der Waals surface area contributed by atoms with Crippen molar-refractivity contribution in [3.05, 3.63) is 24.3 Å². The summed E-state index contributed by atoms with van der Waals surface area (Å²) in [6, 6.07) is 9.13. The highest BCUT2D eigenvalue weighted by Gasteiger charge is 2.41. The SMILES string of the molecule is CCOc1ccc(NC(C2CC2)C2CC2)cc1. The maximum Gasteiger partial charge on any atom is 0.119 e. The first-order valence-electron chi connectivity index (χ1n) is 6.86. The van der Waals surface area contributed by atoms with E-state index in [-0.39, 0.29) is 0 Å². The van der Waals surface area contributed by atoms with E-state index in [9.17, 15) is 0 Å². The van der Waals surface area contributed by atoms with Gasteiger partial charge in [0.1, 0.15) is 5.75 Å². The van der Waals surface area contributed by atoms with Crippen molar-refractivity contribution >= 4 is 5.69 Å². The van der Waals surface area contributed by atoms with Crippen LogP contribution < -0.4 is 10.1 Å². The lowest BCUT2D eigenvalue weighted by Gasteiger charge is -2.19. The van der Waals surface area contributed by atoms with Crippen molar-refractivity contribution in [2.75, 3.05) is 11.9 Å². The van der Waals surface area contributed by atoms with Gasteiger partial charge in [0, 0.05) is 11.7 Å². The Labute approximate surface area is 103 Å². The van der Waals surface area contributed by atoms with E-state index in [1.54, 1.807) is 0 Å². The molecule has 17 heavy (non-hydrogen) atoms. The van der Waals surface area contributed by atoms with Crippen LogP contribution in [0.25, 0.3) is 0 Å². The van der Waals surface area contributed by atoms with Crippen molar-refractivity contribution in [2.24, 2.45) is 11.8 Å². The van der Waals surface area contributed by atoms with Gasteiger partial charge in [0.05, 0.1) is 6.61 Å². The zero-order valence-electron chi connectivity index (χ0n) is 10.5. The molecular weight excluding hydrogens is 210 g/mol. The van der Waals surface area contributed by atoms with Crippen molar-refractivity contribution in [3.63, 3.8) is 0 Å². The van der Waals surface area contributed by atoms with Gasteiger partial charge in [0.15, 0.2) is 0 Å². The molecule has 0 saturated heterocycles. The number of benzene rings is 1. The number of rotatable bonds is 6. The first-order valence-corrected chi connectivity index (χ1v) is 6.86. The Kier molecular flexibility index (Phi) is 2.96. The third-order valence-electron chi connectivity index (χ3n) is 3.76. The van der Waals surface area contributed by atoms with E-state index < -0.39 is 0 Å². The third kappa shape index (κ3) is 2.74. The molecule has 0 spiro atoms. The first-order chi connectivity index (χ1) is 8.36. The molecule has 2 aliphatic rings. The van der Waals surface area contributed by atoms with Crippen LogP contribution in [-0.4, -0.2) is 12.6 Å². The van der Waals surface area contributed by atoms with Gasteiger partial charge in [0.25, 0.3) is 0 Å². The highest BCUT2D eigenvalue weighted by molar-refractivity contribution is 5.47. The summed E-state index contributed by atoms with van der Waals surface area (Å²) in [6.07, 6.45) is 5.69. The van der Waals surface area contributed by atoms with Gasteiger partial charge in [-0.1, -0.05) is 0 Å². The molecule has 0 radical (unpaired) electrons. The van der Waals surface area contributed by atoms with Gasteiger partial charge in [-0.2, -0.15) is 0 Å². The van der Waals surface area contributed by atoms with Crippen LogP contribution >= 0.6 is 0 Å². The van der Waals surface area contributed by atoms with Crippen molar-refractivity contribution in [2.45, 2.75) is 38.6 Å². The molecule has 0 heterocycles. The average Bonchev–Trinajstić information content (AvgIpc) is 3.21. The fourth-order valence-corrected chi connectivity index (χ4v) is 2.54. The Bertz CT molecular complexity index is 353. The second kappa shape index (κ2) is 4.59. The quantitative estimate of drug-likeness (QED) is 0.806. The summed E-state index contributed by atoms with van der Waals surface area (Å²) < 4.78 is 5.46. The maximum absolute atomic E-state index is 5.46. The summed E-state index contributed by atoms with van der Waals surface area (Å²) >= 11 is 0. The Morgan fingerprint density at radius 2 is 1.71 bits per heavy atom. The van der Waals surface area contributed by atoms with Crippen LogP contribution in [0.1, 0.15) is 32.6 Å². The lowest BCUT2D eigenvalue weighted by molar-refractivity contribution is 0.340. The Morgan fingerprint density at radius 3 is 2.18 bits per heavy atom. The number of ether oxygens (including phenoxy) is 1. The molecule has 92 valence electrons. The van der Waals surface area contributed by atoms with E-state index >= 15 is 0 Å². The van der Waals surface area contributed by atoms with E-state index in [2.05, 4.69) is 29.6 Å². The number of hydrogen-bond donors (Lipinski definition) is 1. The molecule has 2 aliphatic carbocycles. The van der Waals surface area contributed by atoms with Crippen LogP contribution in [0.4, 0.5) is 5.69 Å². The molecule has 0 atom stereocenters. The van der Waals surface area contributed by atoms with Crippen LogP contribution in [0.3, 0.4) is 0 Å². The van der Waals surface area contributed by atoms with Crippen LogP contribution in [0.2, 0.25) is 0 Å². The van der Waals surface area contributed by atoms with Gasteiger partial charge in [-0.3, -0.25) is 0 Å². The van der Waals surface area contributed by atoms with Crippen LogP contribution in [-0.2, 0) is 0 Å². The number of anilines is 1. The van der Waals surface area contributed by atoms with Gasteiger partial charge in [-0.05, 0) is 68.7 Å². The standard InChI is InChI=1S/C15H21NO/c1-2-17-14-9-7-13(8-10-14)16-15(11-3-4-11)12-5-6-12/h7-12,15-16H,2-6H2,1H3. The van der Waals surface area contributed by atoms with E-state index in [0.717, 1.165) is 30.2 Å². The largest absolute Gasteiger partial charge is 0.494 e. The van der Waals surface area contributed by atoms with Crippen molar-refractivity contribution in [1.29, 1.82) is 0 Å². The smallest absolute Gasteiger partial charge is 0.119 e. The summed E-state index contributed by atoms with van der Waals surface area (Å²) in [5.41, 5.74) is 1.25. The van der Waals surface area contributed by atoms with Crippen LogP contribution in [0.15, 0.2) is 24.3 Å². The molecule has 2 saturated carbocycles. The predicted octanol–water partition coefficient (Wildman–Crippen LogP) is 3.69. The molecule has 1 aromatic carbocycles. The summed E-state index contributed by atoms with van der Waals surface area (Å²) in [7, 11) is 0. The van der Waals surface area contributed by atoms with Gasteiger partial charge < -0.3 is 10.1 Å². The van der Waals surface area contributed by atoms with Gasteiger partial charge >= 0.3 is 0 Å². The second-order valence-electron chi connectivity index (χ2n) is 5.30. The molecule has 2 heteroatoms. The molecular formula is C15H21NO. The average molecular weight is 231 g/mol. The Balaban J connectivity index is 1.62.